The third-order valence-electron chi connectivity index (χ3n) is 11.9. The Hall–Kier alpha value is -5.22. The van der Waals surface area contributed by atoms with Crippen molar-refractivity contribution < 1.29 is 62.2 Å². The summed E-state index contributed by atoms with van der Waals surface area (Å²) in [6, 6.07) is 21.1. The molecule has 2 heterocycles. The Balaban J connectivity index is 0.000000247. The van der Waals surface area contributed by atoms with E-state index in [1.54, 1.807) is 0 Å². The zero-order chi connectivity index (χ0) is 49.0. The van der Waals surface area contributed by atoms with Crippen molar-refractivity contribution in [3.05, 3.63) is 164 Å². The molecule has 20 heteroatoms. The van der Waals surface area contributed by atoms with E-state index in [1.807, 2.05) is 60.7 Å². The van der Waals surface area contributed by atoms with Crippen molar-refractivity contribution in [2.45, 2.75) is 98.8 Å². The number of nitrogens with zero attached hydrogens (tertiary/aromatic N) is 2. The Bertz CT molecular complexity index is 2110. The molecule has 0 unspecified atom stereocenters. The van der Waals surface area contributed by atoms with E-state index < -0.39 is 81.6 Å². The predicted octanol–water partition coefficient (Wildman–Crippen LogP) is 11.3. The molecule has 4 aromatic rings. The zero-order valence-corrected chi connectivity index (χ0v) is 35.5. The van der Waals surface area contributed by atoms with E-state index in [9.17, 15) is 52.7 Å². The Morgan fingerprint density at radius 1 is 0.515 bits per heavy atom. The summed E-state index contributed by atoms with van der Waals surface area (Å²) < 4.78 is 170. The number of hydrogen-bond acceptors (Lipinski definition) is 6. The molecule has 0 bridgehead atoms. The SMILES string of the molecule is [C-]#[N+][C@@]1(N)CC[C@@](CO[C@H](C)c2cc(C(F)(F)F)cc(C(F)(F)F)c2)(c2ccccc2)NC1.[C-]#[N+][C@]1(N)CC[C@@](CO[C@H](C)c2cc(C(F)(F)F)cc(C(F)(F)F)c2)(c2ccccc2)NC1. The lowest BCUT2D eigenvalue weighted by Gasteiger charge is -2.42. The van der Waals surface area contributed by atoms with Crippen LogP contribution in [0, 0.1) is 13.1 Å². The van der Waals surface area contributed by atoms with Gasteiger partial charge in [-0.15, -0.1) is 0 Å². The first-order valence-electron chi connectivity index (χ1n) is 20.3. The lowest BCUT2D eigenvalue weighted by molar-refractivity contribution is -0.145. The maximum atomic E-state index is 13.2. The molecule has 0 saturated carbocycles. The number of piperidine rings is 2. The number of nitrogens with one attached hydrogen (secondary N) is 2. The fraction of sp³-hybridized carbons (Fsp3) is 0.435. The molecule has 2 aliphatic heterocycles. The molecule has 0 spiro atoms. The first-order chi connectivity index (χ1) is 30.6. The molecule has 8 nitrogen and oxygen atoms in total. The lowest BCUT2D eigenvalue weighted by Crippen LogP contribution is -2.60. The average molecular weight is 943 g/mol. The number of hydrogen-bond donors (Lipinski definition) is 4. The molecule has 0 aliphatic carbocycles. The van der Waals surface area contributed by atoms with Gasteiger partial charge in [-0.2, -0.15) is 52.7 Å². The van der Waals surface area contributed by atoms with Crippen LogP contribution in [0.25, 0.3) is 9.69 Å². The molecule has 4 aromatic carbocycles. The molecule has 0 aromatic heterocycles. The van der Waals surface area contributed by atoms with Crippen LogP contribution in [0.2, 0.25) is 0 Å². The third kappa shape index (κ3) is 12.6. The lowest BCUT2D eigenvalue weighted by atomic mass is 9.80. The van der Waals surface area contributed by atoms with Gasteiger partial charge < -0.3 is 9.47 Å². The standard InChI is InChI=1S/2C23H23F6N3O/c2*1-15(16-10-18(22(24,25)26)12-19(11-16)23(27,28)29)33-14-20(17-6-4-3-5-7-17)8-9-21(30,31-2)13-32-20/h2*3-7,10-12,15,32H,8-9,13-14,30H2,1H3/t15-,20-,21+;15-,20-,21-/m11/s1. The first kappa shape index (κ1) is 51.8. The summed E-state index contributed by atoms with van der Waals surface area (Å²) in [5.74, 6) is 0. The Morgan fingerprint density at radius 2 is 0.803 bits per heavy atom. The molecule has 6 N–H and O–H groups in total. The van der Waals surface area contributed by atoms with Gasteiger partial charge in [0, 0.05) is 12.8 Å². The van der Waals surface area contributed by atoms with Crippen LogP contribution >= 0.6 is 0 Å². The summed E-state index contributed by atoms with van der Waals surface area (Å²) in [5.41, 5.74) is 3.96. The van der Waals surface area contributed by atoms with E-state index in [0.29, 0.717) is 49.9 Å². The number of ether oxygens (including phenoxy) is 2. The third-order valence-corrected chi connectivity index (χ3v) is 11.9. The van der Waals surface area contributed by atoms with Crippen molar-refractivity contribution in [1.82, 2.24) is 10.6 Å². The first-order valence-corrected chi connectivity index (χ1v) is 20.3. The van der Waals surface area contributed by atoms with Gasteiger partial charge in [0.2, 0.25) is 0 Å². The average Bonchev–Trinajstić information content (AvgIpc) is 3.28. The molecule has 2 fully saturated rings. The van der Waals surface area contributed by atoms with Crippen LogP contribution < -0.4 is 22.1 Å². The van der Waals surface area contributed by atoms with Gasteiger partial charge in [-0.05, 0) is 85.3 Å². The molecule has 0 amide bonds. The number of nitrogens with two attached hydrogens (primary N) is 2. The minimum atomic E-state index is -4.93. The fourth-order valence-electron chi connectivity index (χ4n) is 7.62. The summed E-state index contributed by atoms with van der Waals surface area (Å²) in [6.45, 7) is 17.6. The Morgan fingerprint density at radius 3 is 1.03 bits per heavy atom. The van der Waals surface area contributed by atoms with Crippen LogP contribution in [-0.2, 0) is 45.3 Å². The van der Waals surface area contributed by atoms with E-state index in [2.05, 4.69) is 20.3 Å². The number of rotatable bonds is 10. The molecular weight excluding hydrogens is 897 g/mol. The van der Waals surface area contributed by atoms with Gasteiger partial charge in [-0.1, -0.05) is 60.7 Å². The van der Waals surface area contributed by atoms with Gasteiger partial charge in [0.15, 0.2) is 0 Å². The van der Waals surface area contributed by atoms with Gasteiger partial charge in [0.25, 0.3) is 11.3 Å². The monoisotopic (exact) mass is 942 g/mol. The second-order valence-electron chi connectivity index (χ2n) is 16.6. The van der Waals surface area contributed by atoms with Crippen LogP contribution in [0.3, 0.4) is 0 Å². The second kappa shape index (κ2) is 19.6. The molecule has 6 rings (SSSR count). The Kier molecular flexibility index (Phi) is 15.3. The zero-order valence-electron chi connectivity index (χ0n) is 35.5. The highest BCUT2D eigenvalue weighted by Crippen LogP contribution is 2.42. The molecule has 66 heavy (non-hydrogen) atoms. The van der Waals surface area contributed by atoms with Gasteiger partial charge >= 0.3 is 24.7 Å². The van der Waals surface area contributed by atoms with Gasteiger partial charge in [0.1, 0.15) is 0 Å². The van der Waals surface area contributed by atoms with Crippen molar-refractivity contribution in [2.75, 3.05) is 26.3 Å². The maximum Gasteiger partial charge on any atom is 0.416 e. The predicted molar refractivity (Wildman–Crippen MR) is 219 cm³/mol. The second-order valence-corrected chi connectivity index (χ2v) is 16.6. The minimum absolute atomic E-state index is 0.0378. The summed E-state index contributed by atoms with van der Waals surface area (Å²) in [7, 11) is 0. The molecule has 0 radical (unpaired) electrons. The van der Waals surface area contributed by atoms with E-state index >= 15 is 0 Å². The molecular formula is C46H46F12N6O2. The highest BCUT2D eigenvalue weighted by molar-refractivity contribution is 5.36. The van der Waals surface area contributed by atoms with Crippen LogP contribution in [-0.4, -0.2) is 37.6 Å². The Labute approximate surface area is 373 Å². The smallest absolute Gasteiger partial charge is 0.372 e. The van der Waals surface area contributed by atoms with E-state index in [-0.39, 0.29) is 49.6 Å². The number of alkyl halides is 12. The molecule has 356 valence electrons. The van der Waals surface area contributed by atoms with Crippen molar-refractivity contribution in [3.63, 3.8) is 0 Å². The maximum absolute atomic E-state index is 13.2. The normalized spacial score (nSPS) is 24.8. The van der Waals surface area contributed by atoms with Crippen LogP contribution in [0.5, 0.6) is 0 Å². The van der Waals surface area contributed by atoms with Gasteiger partial charge in [0.05, 0.1) is 71.8 Å². The minimum Gasteiger partial charge on any atom is -0.372 e. The summed E-state index contributed by atoms with van der Waals surface area (Å²) in [5, 5.41) is 6.49. The van der Waals surface area contributed by atoms with E-state index in [4.69, 9.17) is 34.1 Å². The number of halogens is 12. The highest BCUT2D eigenvalue weighted by Gasteiger charge is 2.48. The van der Waals surface area contributed by atoms with Crippen molar-refractivity contribution in [1.29, 1.82) is 0 Å². The van der Waals surface area contributed by atoms with E-state index in [1.165, 1.54) is 13.8 Å². The van der Waals surface area contributed by atoms with Gasteiger partial charge in [-0.25, -0.2) is 13.1 Å². The van der Waals surface area contributed by atoms with E-state index in [0.717, 1.165) is 11.1 Å². The molecule has 2 aliphatic rings. The highest BCUT2D eigenvalue weighted by atomic mass is 19.4. The van der Waals surface area contributed by atoms with Gasteiger partial charge in [-0.3, -0.25) is 31.8 Å². The van der Waals surface area contributed by atoms with Crippen molar-refractivity contribution in [2.24, 2.45) is 11.5 Å². The van der Waals surface area contributed by atoms with Crippen LogP contribution in [0.15, 0.2) is 97.1 Å². The summed E-state index contributed by atoms with van der Waals surface area (Å²) in [4.78, 5) is 6.92. The largest absolute Gasteiger partial charge is 0.416 e. The topological polar surface area (TPSA) is 103 Å². The fourth-order valence-corrected chi connectivity index (χ4v) is 7.62. The summed E-state index contributed by atoms with van der Waals surface area (Å²) >= 11 is 0. The van der Waals surface area contributed by atoms with Crippen LogP contribution in [0.1, 0.15) is 96.2 Å². The molecule has 6 atom stereocenters. The van der Waals surface area contributed by atoms with Crippen LogP contribution in [0.4, 0.5) is 52.7 Å². The quantitative estimate of drug-likeness (QED) is 0.0933. The molecule has 2 saturated heterocycles. The van der Waals surface area contributed by atoms with Crippen molar-refractivity contribution in [3.8, 4) is 0 Å². The van der Waals surface area contributed by atoms with Crippen molar-refractivity contribution >= 4 is 0 Å². The summed E-state index contributed by atoms with van der Waals surface area (Å²) in [6.07, 6.45) is -20.4. The number of benzene rings is 4.